The van der Waals surface area contributed by atoms with E-state index >= 15 is 0 Å². The van der Waals surface area contributed by atoms with Gasteiger partial charge in [0, 0.05) is 24.8 Å². The van der Waals surface area contributed by atoms with Crippen molar-refractivity contribution in [1.29, 1.82) is 0 Å². The predicted octanol–water partition coefficient (Wildman–Crippen LogP) is 1.48. The van der Waals surface area contributed by atoms with Gasteiger partial charge in [-0.1, -0.05) is 18.2 Å². The quantitative estimate of drug-likeness (QED) is 0.913. The van der Waals surface area contributed by atoms with E-state index in [0.717, 1.165) is 5.69 Å². The Morgan fingerprint density at radius 3 is 2.64 bits per heavy atom. The third-order valence-corrected chi connectivity index (χ3v) is 4.37. The largest absolute Gasteiger partial charge is 0.481 e. The molecule has 2 heterocycles. The molecule has 0 radical (unpaired) electrons. The average Bonchev–Trinajstić information content (AvgIpc) is 2.62. The Labute approximate surface area is 144 Å². The number of aliphatic carboxylic acids is 1. The number of carbonyl (C=O) groups excluding carboxylic acids is 1. The van der Waals surface area contributed by atoms with Gasteiger partial charge in [0.1, 0.15) is 0 Å². The lowest BCUT2D eigenvalue weighted by Gasteiger charge is -2.30. The van der Waals surface area contributed by atoms with Crippen LogP contribution in [0.4, 0.5) is 0 Å². The van der Waals surface area contributed by atoms with Gasteiger partial charge in [0.25, 0.3) is 5.91 Å². The summed E-state index contributed by atoms with van der Waals surface area (Å²) in [4.78, 5) is 37.6. The zero-order chi connectivity index (χ0) is 18.0. The van der Waals surface area contributed by atoms with Crippen LogP contribution < -0.4 is 5.43 Å². The van der Waals surface area contributed by atoms with Gasteiger partial charge >= 0.3 is 5.97 Å². The maximum atomic E-state index is 12.7. The lowest BCUT2D eigenvalue weighted by molar-refractivity contribution is -0.143. The molecule has 2 aromatic rings. The molecule has 1 amide bonds. The molecule has 0 spiro atoms. The minimum Gasteiger partial charge on any atom is -0.481 e. The summed E-state index contributed by atoms with van der Waals surface area (Å²) in [7, 11) is 0. The van der Waals surface area contributed by atoms with Crippen molar-refractivity contribution in [2.24, 2.45) is 5.92 Å². The molecule has 25 heavy (non-hydrogen) atoms. The standard InChI is InChI=1S/C18H19N3O4/c1-12-10-15(22)16(19-21(12)14-7-3-2-4-8-14)17(23)20-9-5-6-13(11-20)18(24)25/h2-4,7-8,10,13H,5-6,9,11H2,1H3,(H,24,25). The van der Waals surface area contributed by atoms with Gasteiger partial charge in [-0.3, -0.25) is 14.4 Å². The second-order valence-electron chi connectivity index (χ2n) is 6.17. The van der Waals surface area contributed by atoms with E-state index in [0.29, 0.717) is 25.1 Å². The average molecular weight is 341 g/mol. The number of hydrogen-bond acceptors (Lipinski definition) is 4. The first-order valence-corrected chi connectivity index (χ1v) is 8.16. The number of para-hydroxylation sites is 1. The topological polar surface area (TPSA) is 92.5 Å². The summed E-state index contributed by atoms with van der Waals surface area (Å²) in [5.41, 5.74) is 0.735. The van der Waals surface area contributed by atoms with Gasteiger partial charge in [0.2, 0.25) is 5.43 Å². The minimum absolute atomic E-state index is 0.106. The molecular weight excluding hydrogens is 322 g/mol. The molecule has 7 heteroatoms. The van der Waals surface area contributed by atoms with Crippen LogP contribution >= 0.6 is 0 Å². The van der Waals surface area contributed by atoms with Crippen LogP contribution in [-0.2, 0) is 4.79 Å². The first-order chi connectivity index (χ1) is 12.0. The molecule has 7 nitrogen and oxygen atoms in total. The SMILES string of the molecule is Cc1cc(=O)c(C(=O)N2CCCC(C(=O)O)C2)nn1-c1ccccc1. The molecule has 0 bridgehead atoms. The Morgan fingerprint density at radius 1 is 1.24 bits per heavy atom. The first kappa shape index (κ1) is 16.9. The molecule has 1 aliphatic heterocycles. The van der Waals surface area contributed by atoms with Gasteiger partial charge < -0.3 is 10.0 Å². The Kier molecular flexibility index (Phi) is 4.65. The van der Waals surface area contributed by atoms with Crippen LogP contribution in [0, 0.1) is 12.8 Å². The summed E-state index contributed by atoms with van der Waals surface area (Å²) in [6.07, 6.45) is 1.14. The van der Waals surface area contributed by atoms with E-state index < -0.39 is 23.2 Å². The van der Waals surface area contributed by atoms with Gasteiger partial charge in [-0.2, -0.15) is 5.10 Å². The highest BCUT2D eigenvalue weighted by atomic mass is 16.4. The number of likely N-dealkylation sites (tertiary alicyclic amines) is 1. The molecule has 1 atom stereocenters. The number of amides is 1. The zero-order valence-corrected chi connectivity index (χ0v) is 13.9. The van der Waals surface area contributed by atoms with Gasteiger partial charge in [0.05, 0.1) is 11.6 Å². The van der Waals surface area contributed by atoms with E-state index in [1.807, 2.05) is 30.3 Å². The minimum atomic E-state index is -0.920. The first-order valence-electron chi connectivity index (χ1n) is 8.16. The van der Waals surface area contributed by atoms with Crippen LogP contribution in [0.15, 0.2) is 41.2 Å². The Morgan fingerprint density at radius 2 is 1.96 bits per heavy atom. The number of rotatable bonds is 3. The summed E-state index contributed by atoms with van der Waals surface area (Å²) in [5.74, 6) is -2.03. The third kappa shape index (κ3) is 3.45. The van der Waals surface area contributed by atoms with E-state index in [4.69, 9.17) is 0 Å². The van der Waals surface area contributed by atoms with Crippen LogP contribution in [-0.4, -0.2) is 44.8 Å². The number of benzene rings is 1. The Balaban J connectivity index is 1.95. The second kappa shape index (κ2) is 6.88. The lowest BCUT2D eigenvalue weighted by Crippen LogP contribution is -2.44. The van der Waals surface area contributed by atoms with Crippen LogP contribution in [0.5, 0.6) is 0 Å². The molecule has 1 fully saturated rings. The monoisotopic (exact) mass is 341 g/mol. The van der Waals surface area contributed by atoms with Crippen molar-refractivity contribution < 1.29 is 14.7 Å². The van der Waals surface area contributed by atoms with Crippen molar-refractivity contribution in [3.63, 3.8) is 0 Å². The molecule has 3 rings (SSSR count). The molecule has 1 aromatic heterocycles. The van der Waals surface area contributed by atoms with E-state index in [-0.39, 0.29) is 12.2 Å². The number of piperidine rings is 1. The maximum Gasteiger partial charge on any atom is 0.308 e. The molecule has 1 unspecified atom stereocenters. The highest BCUT2D eigenvalue weighted by Gasteiger charge is 2.30. The smallest absolute Gasteiger partial charge is 0.308 e. The highest BCUT2D eigenvalue weighted by Crippen LogP contribution is 2.18. The maximum absolute atomic E-state index is 12.7. The predicted molar refractivity (Wildman–Crippen MR) is 90.8 cm³/mol. The summed E-state index contributed by atoms with van der Waals surface area (Å²) < 4.78 is 1.55. The van der Waals surface area contributed by atoms with Crippen LogP contribution in [0.1, 0.15) is 29.0 Å². The number of carboxylic acids is 1. The van der Waals surface area contributed by atoms with Gasteiger partial charge in [0.15, 0.2) is 5.69 Å². The van der Waals surface area contributed by atoms with Crippen molar-refractivity contribution in [1.82, 2.24) is 14.7 Å². The number of aryl methyl sites for hydroxylation is 1. The summed E-state index contributed by atoms with van der Waals surface area (Å²) in [5, 5.41) is 13.4. The van der Waals surface area contributed by atoms with Gasteiger partial charge in [-0.15, -0.1) is 0 Å². The Hall–Kier alpha value is -2.96. The van der Waals surface area contributed by atoms with Crippen molar-refractivity contribution in [2.75, 3.05) is 13.1 Å². The summed E-state index contributed by atoms with van der Waals surface area (Å²) >= 11 is 0. The van der Waals surface area contributed by atoms with Gasteiger partial charge in [-0.05, 0) is 31.9 Å². The van der Waals surface area contributed by atoms with Crippen molar-refractivity contribution in [2.45, 2.75) is 19.8 Å². The van der Waals surface area contributed by atoms with E-state index in [9.17, 15) is 19.5 Å². The molecule has 0 aliphatic carbocycles. The molecule has 0 saturated carbocycles. The van der Waals surface area contributed by atoms with E-state index in [2.05, 4.69) is 5.10 Å². The van der Waals surface area contributed by atoms with Crippen LogP contribution in [0.25, 0.3) is 5.69 Å². The van der Waals surface area contributed by atoms with E-state index in [1.165, 1.54) is 11.0 Å². The molecule has 1 aromatic carbocycles. The van der Waals surface area contributed by atoms with Crippen molar-refractivity contribution in [3.05, 3.63) is 58.0 Å². The fourth-order valence-electron chi connectivity index (χ4n) is 3.04. The molecular formula is C18H19N3O4. The van der Waals surface area contributed by atoms with Crippen molar-refractivity contribution >= 4 is 11.9 Å². The number of hydrogen-bond donors (Lipinski definition) is 1. The molecule has 130 valence electrons. The Bertz CT molecular complexity index is 860. The molecule has 1 saturated heterocycles. The molecule has 1 aliphatic rings. The number of carbonyl (C=O) groups is 2. The van der Waals surface area contributed by atoms with Crippen LogP contribution in [0.2, 0.25) is 0 Å². The highest BCUT2D eigenvalue weighted by molar-refractivity contribution is 5.92. The summed E-state index contributed by atoms with van der Waals surface area (Å²) in [6.45, 7) is 2.29. The number of aromatic nitrogens is 2. The number of nitrogens with zero attached hydrogens (tertiary/aromatic N) is 3. The third-order valence-electron chi connectivity index (χ3n) is 4.37. The fraction of sp³-hybridized carbons (Fsp3) is 0.333. The second-order valence-corrected chi connectivity index (χ2v) is 6.17. The van der Waals surface area contributed by atoms with Gasteiger partial charge in [-0.25, -0.2) is 4.68 Å². The zero-order valence-electron chi connectivity index (χ0n) is 13.9. The van der Waals surface area contributed by atoms with E-state index in [1.54, 1.807) is 11.6 Å². The molecule has 1 N–H and O–H groups in total. The fourth-order valence-corrected chi connectivity index (χ4v) is 3.04. The summed E-state index contributed by atoms with van der Waals surface area (Å²) in [6, 6.07) is 10.6. The lowest BCUT2D eigenvalue weighted by atomic mass is 9.98. The normalized spacial score (nSPS) is 17.3. The number of carboxylic acid groups (broad SMARTS) is 1. The van der Waals surface area contributed by atoms with Crippen LogP contribution in [0.3, 0.4) is 0 Å². The van der Waals surface area contributed by atoms with Crippen molar-refractivity contribution in [3.8, 4) is 5.69 Å².